The van der Waals surface area contributed by atoms with Crippen LogP contribution in [-0.2, 0) is 13.5 Å². The van der Waals surface area contributed by atoms with Crippen LogP contribution in [0.1, 0.15) is 12.3 Å². The summed E-state index contributed by atoms with van der Waals surface area (Å²) in [7, 11) is 1.82. The van der Waals surface area contributed by atoms with Crippen molar-refractivity contribution in [2.45, 2.75) is 12.8 Å². The molecule has 76 valence electrons. The predicted octanol–water partition coefficient (Wildman–Crippen LogP) is 0.926. The Bertz CT molecular complexity index is 493. The molecular formula is C9H9N5O. The van der Waals surface area contributed by atoms with Gasteiger partial charge in [-0.25, -0.2) is 0 Å². The van der Waals surface area contributed by atoms with Crippen LogP contribution in [0.5, 0.6) is 0 Å². The van der Waals surface area contributed by atoms with Gasteiger partial charge < -0.3 is 4.52 Å². The number of aromatic nitrogens is 4. The smallest absolute Gasteiger partial charge is 0.228 e. The maximum atomic E-state index is 8.40. The van der Waals surface area contributed by atoms with Gasteiger partial charge in [-0.3, -0.25) is 4.68 Å². The number of hydrogen-bond donors (Lipinski definition) is 0. The number of aryl methyl sites for hydroxylation is 2. The minimum absolute atomic E-state index is 0.379. The van der Waals surface area contributed by atoms with Crippen molar-refractivity contribution in [2.24, 2.45) is 7.05 Å². The Labute approximate surface area is 86.1 Å². The molecule has 0 saturated heterocycles. The second-order valence-corrected chi connectivity index (χ2v) is 3.04. The molecule has 2 aromatic heterocycles. The molecule has 0 aliphatic carbocycles. The molecule has 0 N–H and O–H groups in total. The minimum atomic E-state index is 0.379. The van der Waals surface area contributed by atoms with Gasteiger partial charge in [-0.05, 0) is 6.07 Å². The van der Waals surface area contributed by atoms with Gasteiger partial charge in [0, 0.05) is 26.1 Å². The maximum absolute atomic E-state index is 8.40. The summed E-state index contributed by atoms with van der Waals surface area (Å²) in [6.45, 7) is 0. The summed E-state index contributed by atoms with van der Waals surface area (Å²) in [5, 5.41) is 16.3. The van der Waals surface area contributed by atoms with Gasteiger partial charge >= 0.3 is 0 Å². The normalized spacial score (nSPS) is 10.1. The van der Waals surface area contributed by atoms with E-state index in [1.54, 1.807) is 16.9 Å². The van der Waals surface area contributed by atoms with Crippen molar-refractivity contribution in [3.05, 3.63) is 18.2 Å². The van der Waals surface area contributed by atoms with E-state index in [0.29, 0.717) is 30.3 Å². The largest absolute Gasteiger partial charge is 0.339 e. The highest BCUT2D eigenvalue weighted by Crippen LogP contribution is 2.12. The first-order chi connectivity index (χ1) is 7.29. The molecule has 0 bridgehead atoms. The molecule has 2 rings (SSSR count). The molecular weight excluding hydrogens is 194 g/mol. The topological polar surface area (TPSA) is 80.5 Å². The molecule has 2 aromatic rings. The number of hydrogen-bond acceptors (Lipinski definition) is 5. The highest BCUT2D eigenvalue weighted by Gasteiger charge is 2.10. The fourth-order valence-corrected chi connectivity index (χ4v) is 1.16. The zero-order chi connectivity index (χ0) is 10.7. The lowest BCUT2D eigenvalue weighted by Gasteiger charge is -1.85. The standard InChI is InChI=1S/C9H9N5O/c1-14-6-4-7(12-14)9-11-8(15-13-9)3-2-5-10/h4,6H,2-3H2,1H3. The van der Waals surface area contributed by atoms with E-state index >= 15 is 0 Å². The van der Waals surface area contributed by atoms with Crippen molar-refractivity contribution in [2.75, 3.05) is 0 Å². The Morgan fingerprint density at radius 2 is 2.47 bits per heavy atom. The Hall–Kier alpha value is -2.16. The van der Waals surface area contributed by atoms with Gasteiger partial charge in [0.05, 0.1) is 6.07 Å². The molecule has 0 aromatic carbocycles. The first kappa shape index (κ1) is 9.40. The fraction of sp³-hybridized carbons (Fsp3) is 0.333. The van der Waals surface area contributed by atoms with Crippen LogP contribution in [-0.4, -0.2) is 19.9 Å². The van der Waals surface area contributed by atoms with E-state index in [0.717, 1.165) is 0 Å². The van der Waals surface area contributed by atoms with Gasteiger partial charge in [0.25, 0.3) is 0 Å². The Morgan fingerprint density at radius 3 is 3.13 bits per heavy atom. The van der Waals surface area contributed by atoms with Crippen LogP contribution in [0, 0.1) is 11.3 Å². The third kappa shape index (κ3) is 2.02. The molecule has 0 unspecified atom stereocenters. The Morgan fingerprint density at radius 1 is 1.60 bits per heavy atom. The van der Waals surface area contributed by atoms with Gasteiger partial charge in [0.2, 0.25) is 11.7 Å². The summed E-state index contributed by atoms with van der Waals surface area (Å²) in [6.07, 6.45) is 2.67. The second-order valence-electron chi connectivity index (χ2n) is 3.04. The summed E-state index contributed by atoms with van der Waals surface area (Å²) in [5.74, 6) is 0.931. The molecule has 0 radical (unpaired) electrons. The Balaban J connectivity index is 2.17. The molecule has 0 amide bonds. The zero-order valence-corrected chi connectivity index (χ0v) is 8.21. The van der Waals surface area contributed by atoms with Gasteiger partial charge in [0.15, 0.2) is 0 Å². The van der Waals surface area contributed by atoms with Crippen LogP contribution in [0.2, 0.25) is 0 Å². The molecule has 15 heavy (non-hydrogen) atoms. The van der Waals surface area contributed by atoms with E-state index in [4.69, 9.17) is 9.78 Å². The lowest BCUT2D eigenvalue weighted by atomic mass is 10.3. The number of rotatable bonds is 3. The van der Waals surface area contributed by atoms with E-state index in [1.165, 1.54) is 0 Å². The van der Waals surface area contributed by atoms with Crippen LogP contribution in [0.15, 0.2) is 16.8 Å². The molecule has 0 atom stereocenters. The molecule has 0 aliphatic rings. The maximum Gasteiger partial charge on any atom is 0.228 e. The van der Waals surface area contributed by atoms with Crippen molar-refractivity contribution in [3.63, 3.8) is 0 Å². The molecule has 0 saturated carbocycles. The van der Waals surface area contributed by atoms with Crippen molar-refractivity contribution < 1.29 is 4.52 Å². The number of nitriles is 1. The Kier molecular flexibility index (Phi) is 2.46. The monoisotopic (exact) mass is 203 g/mol. The summed E-state index contributed by atoms with van der Waals surface area (Å²) >= 11 is 0. The first-order valence-corrected chi connectivity index (χ1v) is 4.49. The van der Waals surface area contributed by atoms with E-state index in [1.807, 2.05) is 13.1 Å². The van der Waals surface area contributed by atoms with Gasteiger partial charge in [-0.1, -0.05) is 5.16 Å². The van der Waals surface area contributed by atoms with Crippen LogP contribution in [0.25, 0.3) is 11.5 Å². The van der Waals surface area contributed by atoms with Gasteiger partial charge in [0.1, 0.15) is 5.69 Å². The van der Waals surface area contributed by atoms with Crippen LogP contribution in [0.4, 0.5) is 0 Å². The summed E-state index contributed by atoms with van der Waals surface area (Å²) in [4.78, 5) is 4.13. The average molecular weight is 203 g/mol. The van der Waals surface area contributed by atoms with Crippen molar-refractivity contribution in [1.82, 2.24) is 19.9 Å². The summed E-state index contributed by atoms with van der Waals surface area (Å²) < 4.78 is 6.64. The summed E-state index contributed by atoms with van der Waals surface area (Å²) in [5.41, 5.74) is 0.671. The SMILES string of the molecule is Cn1ccc(-c2noc(CCC#N)n2)n1. The van der Waals surface area contributed by atoms with E-state index in [-0.39, 0.29) is 0 Å². The van der Waals surface area contributed by atoms with Crippen molar-refractivity contribution >= 4 is 0 Å². The van der Waals surface area contributed by atoms with E-state index < -0.39 is 0 Å². The predicted molar refractivity (Wildman–Crippen MR) is 50.4 cm³/mol. The van der Waals surface area contributed by atoms with Gasteiger partial charge in [-0.15, -0.1) is 0 Å². The third-order valence-corrected chi connectivity index (χ3v) is 1.86. The third-order valence-electron chi connectivity index (χ3n) is 1.86. The molecule has 0 spiro atoms. The number of nitrogens with zero attached hydrogens (tertiary/aromatic N) is 5. The quantitative estimate of drug-likeness (QED) is 0.741. The van der Waals surface area contributed by atoms with Crippen molar-refractivity contribution in [1.29, 1.82) is 5.26 Å². The first-order valence-electron chi connectivity index (χ1n) is 4.49. The molecule has 6 nitrogen and oxygen atoms in total. The zero-order valence-electron chi connectivity index (χ0n) is 8.21. The lowest BCUT2D eigenvalue weighted by Crippen LogP contribution is -1.89. The fourth-order valence-electron chi connectivity index (χ4n) is 1.16. The average Bonchev–Trinajstić information content (AvgIpc) is 2.83. The van der Waals surface area contributed by atoms with Crippen molar-refractivity contribution in [3.8, 4) is 17.6 Å². The van der Waals surface area contributed by atoms with Gasteiger partial charge in [-0.2, -0.15) is 15.3 Å². The minimum Gasteiger partial charge on any atom is -0.339 e. The second kappa shape index (κ2) is 3.92. The highest BCUT2D eigenvalue weighted by atomic mass is 16.5. The molecule has 0 fully saturated rings. The molecule has 6 heteroatoms. The van der Waals surface area contributed by atoms with Crippen LogP contribution in [0.3, 0.4) is 0 Å². The summed E-state index contributed by atoms with van der Waals surface area (Å²) in [6, 6.07) is 3.83. The van der Waals surface area contributed by atoms with E-state index in [9.17, 15) is 0 Å². The van der Waals surface area contributed by atoms with Crippen LogP contribution < -0.4 is 0 Å². The van der Waals surface area contributed by atoms with E-state index in [2.05, 4.69) is 15.2 Å². The molecule has 0 aliphatic heterocycles. The lowest BCUT2D eigenvalue weighted by molar-refractivity contribution is 0.380. The van der Waals surface area contributed by atoms with Crippen LogP contribution >= 0.6 is 0 Å². The molecule has 2 heterocycles. The highest BCUT2D eigenvalue weighted by molar-refractivity contribution is 5.46.